The van der Waals surface area contributed by atoms with Crippen molar-refractivity contribution in [3.8, 4) is 0 Å². The predicted octanol–water partition coefficient (Wildman–Crippen LogP) is 2.46. The van der Waals surface area contributed by atoms with E-state index in [0.29, 0.717) is 0 Å². The van der Waals surface area contributed by atoms with Crippen LogP contribution in [0.2, 0.25) is 0 Å². The Morgan fingerprint density at radius 2 is 2.00 bits per heavy atom. The summed E-state index contributed by atoms with van der Waals surface area (Å²) < 4.78 is 5.34. The molecular formula is C8H18O. The summed E-state index contributed by atoms with van der Waals surface area (Å²) in [5.74, 6) is 0.733. The van der Waals surface area contributed by atoms with E-state index in [4.69, 9.17) is 4.74 Å². The van der Waals surface area contributed by atoms with Gasteiger partial charge in [-0.2, -0.15) is 0 Å². The van der Waals surface area contributed by atoms with Gasteiger partial charge in [0.1, 0.15) is 0 Å². The molecule has 0 aliphatic heterocycles. The van der Waals surface area contributed by atoms with E-state index in [1.807, 2.05) is 0 Å². The maximum atomic E-state index is 5.34. The summed E-state index contributed by atoms with van der Waals surface area (Å²) >= 11 is 0. The smallest absolute Gasteiger partial charge is 0.0491 e. The zero-order valence-corrected chi connectivity index (χ0v) is 6.81. The Bertz CT molecular complexity index is 52.5. The molecule has 0 amide bonds. The third-order valence-electron chi connectivity index (χ3n) is 1.45. The summed E-state index contributed by atoms with van der Waals surface area (Å²) in [7, 11) is 0. The van der Waals surface area contributed by atoms with Gasteiger partial charge in [-0.3, -0.25) is 0 Å². The van der Waals surface area contributed by atoms with E-state index in [0.717, 1.165) is 25.6 Å². The molecule has 0 rings (SSSR count). The second kappa shape index (κ2) is 6.09. The highest BCUT2D eigenvalue weighted by Crippen LogP contribution is 2.00. The van der Waals surface area contributed by atoms with Gasteiger partial charge in [-0.1, -0.05) is 27.2 Å². The molecule has 0 saturated heterocycles. The monoisotopic (exact) mass is 130 g/mol. The average molecular weight is 130 g/mol. The number of rotatable bonds is 5. The maximum Gasteiger partial charge on any atom is 0.0491 e. The fraction of sp³-hybridized carbons (Fsp3) is 1.00. The largest absolute Gasteiger partial charge is 0.381 e. The SMILES string of the molecule is CCCOC[C@@H](C)CC. The third kappa shape index (κ3) is 5.84. The van der Waals surface area contributed by atoms with Crippen molar-refractivity contribution in [2.75, 3.05) is 13.2 Å². The van der Waals surface area contributed by atoms with Crippen LogP contribution in [0.5, 0.6) is 0 Å². The summed E-state index contributed by atoms with van der Waals surface area (Å²) in [5.41, 5.74) is 0. The maximum absolute atomic E-state index is 5.34. The summed E-state index contributed by atoms with van der Waals surface area (Å²) in [5, 5.41) is 0. The highest BCUT2D eigenvalue weighted by Gasteiger charge is 1.95. The fourth-order valence-electron chi connectivity index (χ4n) is 0.547. The zero-order chi connectivity index (χ0) is 7.11. The van der Waals surface area contributed by atoms with E-state index in [-0.39, 0.29) is 0 Å². The van der Waals surface area contributed by atoms with Crippen molar-refractivity contribution < 1.29 is 4.74 Å². The first-order valence-corrected chi connectivity index (χ1v) is 3.89. The molecule has 0 radical (unpaired) electrons. The average Bonchev–Trinajstić information content (AvgIpc) is 1.89. The number of hydrogen-bond donors (Lipinski definition) is 0. The quantitative estimate of drug-likeness (QED) is 0.519. The lowest BCUT2D eigenvalue weighted by Gasteiger charge is -2.07. The molecule has 0 fully saturated rings. The Labute approximate surface area is 58.4 Å². The van der Waals surface area contributed by atoms with Crippen molar-refractivity contribution in [1.82, 2.24) is 0 Å². The first kappa shape index (κ1) is 8.96. The Hall–Kier alpha value is -0.0400. The van der Waals surface area contributed by atoms with Gasteiger partial charge in [0.2, 0.25) is 0 Å². The molecule has 56 valence electrons. The van der Waals surface area contributed by atoms with E-state index >= 15 is 0 Å². The third-order valence-corrected chi connectivity index (χ3v) is 1.45. The molecule has 0 spiro atoms. The molecule has 0 aliphatic carbocycles. The van der Waals surface area contributed by atoms with Gasteiger partial charge < -0.3 is 4.74 Å². The van der Waals surface area contributed by atoms with E-state index < -0.39 is 0 Å². The van der Waals surface area contributed by atoms with Gasteiger partial charge in [-0.05, 0) is 12.3 Å². The lowest BCUT2D eigenvalue weighted by Crippen LogP contribution is -2.04. The van der Waals surface area contributed by atoms with Gasteiger partial charge in [0, 0.05) is 13.2 Å². The Balaban J connectivity index is 2.88. The second-order valence-corrected chi connectivity index (χ2v) is 2.59. The van der Waals surface area contributed by atoms with Gasteiger partial charge >= 0.3 is 0 Å². The molecule has 0 aromatic carbocycles. The van der Waals surface area contributed by atoms with Crippen LogP contribution in [0.3, 0.4) is 0 Å². The lowest BCUT2D eigenvalue weighted by molar-refractivity contribution is 0.104. The molecule has 0 N–H and O–H groups in total. The standard InChI is InChI=1S/C8H18O/c1-4-6-9-7-8(3)5-2/h8H,4-7H2,1-3H3/t8-/m0/s1. The molecule has 0 unspecified atom stereocenters. The van der Waals surface area contributed by atoms with E-state index in [1.165, 1.54) is 6.42 Å². The van der Waals surface area contributed by atoms with Crippen molar-refractivity contribution >= 4 is 0 Å². The highest BCUT2D eigenvalue weighted by atomic mass is 16.5. The molecule has 0 aromatic rings. The molecule has 0 aliphatic rings. The molecule has 9 heavy (non-hydrogen) atoms. The summed E-state index contributed by atoms with van der Waals surface area (Å²) in [4.78, 5) is 0. The molecule has 1 nitrogen and oxygen atoms in total. The van der Waals surface area contributed by atoms with E-state index in [9.17, 15) is 0 Å². The van der Waals surface area contributed by atoms with Crippen LogP contribution in [0.25, 0.3) is 0 Å². The van der Waals surface area contributed by atoms with Crippen LogP contribution in [0.4, 0.5) is 0 Å². The van der Waals surface area contributed by atoms with Gasteiger partial charge in [-0.15, -0.1) is 0 Å². The van der Waals surface area contributed by atoms with Gasteiger partial charge in [-0.25, -0.2) is 0 Å². The summed E-state index contributed by atoms with van der Waals surface area (Å²) in [6.07, 6.45) is 2.36. The van der Waals surface area contributed by atoms with Crippen molar-refractivity contribution in [2.24, 2.45) is 5.92 Å². The molecule has 0 saturated carbocycles. The minimum atomic E-state index is 0.733. The van der Waals surface area contributed by atoms with Gasteiger partial charge in [0.05, 0.1) is 0 Å². The Kier molecular flexibility index (Phi) is 6.06. The van der Waals surface area contributed by atoms with Crippen LogP contribution in [-0.2, 0) is 4.74 Å². The van der Waals surface area contributed by atoms with Crippen molar-refractivity contribution in [1.29, 1.82) is 0 Å². The lowest BCUT2D eigenvalue weighted by atomic mass is 10.1. The van der Waals surface area contributed by atoms with Crippen LogP contribution >= 0.6 is 0 Å². The Morgan fingerprint density at radius 1 is 1.33 bits per heavy atom. The van der Waals surface area contributed by atoms with Crippen molar-refractivity contribution in [2.45, 2.75) is 33.6 Å². The summed E-state index contributed by atoms with van der Waals surface area (Å²) in [6.45, 7) is 8.40. The molecule has 0 aromatic heterocycles. The molecule has 1 heteroatoms. The minimum absolute atomic E-state index is 0.733. The molecule has 0 bridgehead atoms. The number of hydrogen-bond acceptors (Lipinski definition) is 1. The first-order chi connectivity index (χ1) is 4.31. The van der Waals surface area contributed by atoms with Crippen LogP contribution in [0, 0.1) is 5.92 Å². The number of ether oxygens (including phenoxy) is 1. The van der Waals surface area contributed by atoms with Crippen molar-refractivity contribution in [3.05, 3.63) is 0 Å². The topological polar surface area (TPSA) is 9.23 Å². The van der Waals surface area contributed by atoms with Crippen molar-refractivity contribution in [3.63, 3.8) is 0 Å². The van der Waals surface area contributed by atoms with Crippen LogP contribution in [-0.4, -0.2) is 13.2 Å². The van der Waals surface area contributed by atoms with E-state index in [2.05, 4.69) is 20.8 Å². The van der Waals surface area contributed by atoms with Crippen LogP contribution < -0.4 is 0 Å². The summed E-state index contributed by atoms with van der Waals surface area (Å²) in [6, 6.07) is 0. The normalized spacial score (nSPS) is 13.7. The molecule has 0 heterocycles. The fourth-order valence-corrected chi connectivity index (χ4v) is 0.547. The molecule has 1 atom stereocenters. The Morgan fingerprint density at radius 3 is 2.44 bits per heavy atom. The van der Waals surface area contributed by atoms with E-state index in [1.54, 1.807) is 0 Å². The minimum Gasteiger partial charge on any atom is -0.381 e. The first-order valence-electron chi connectivity index (χ1n) is 3.89. The van der Waals surface area contributed by atoms with Gasteiger partial charge in [0.25, 0.3) is 0 Å². The second-order valence-electron chi connectivity index (χ2n) is 2.59. The van der Waals surface area contributed by atoms with Crippen LogP contribution in [0.15, 0.2) is 0 Å². The zero-order valence-electron chi connectivity index (χ0n) is 6.81. The highest BCUT2D eigenvalue weighted by molar-refractivity contribution is 4.45. The van der Waals surface area contributed by atoms with Crippen LogP contribution in [0.1, 0.15) is 33.6 Å². The molecular weight excluding hydrogens is 112 g/mol. The van der Waals surface area contributed by atoms with Gasteiger partial charge in [0.15, 0.2) is 0 Å². The predicted molar refractivity (Wildman–Crippen MR) is 40.6 cm³/mol.